The van der Waals surface area contributed by atoms with E-state index in [1.54, 1.807) is 50.4 Å². The summed E-state index contributed by atoms with van der Waals surface area (Å²) in [6, 6.07) is 16.3. The van der Waals surface area contributed by atoms with Crippen molar-refractivity contribution in [1.82, 2.24) is 10.3 Å². The Morgan fingerprint density at radius 1 is 1.08 bits per heavy atom. The summed E-state index contributed by atoms with van der Waals surface area (Å²) in [5.74, 6) is 1.50. The van der Waals surface area contributed by atoms with E-state index in [-0.39, 0.29) is 5.91 Å². The Kier molecular flexibility index (Phi) is 5.05. The minimum atomic E-state index is -0.566. The van der Waals surface area contributed by atoms with Crippen molar-refractivity contribution in [3.63, 3.8) is 0 Å². The van der Waals surface area contributed by atoms with Crippen molar-refractivity contribution in [2.75, 3.05) is 7.05 Å². The number of aromatic nitrogens is 1. The zero-order valence-corrected chi connectivity index (χ0v) is 14.6. The highest BCUT2D eigenvalue weighted by Gasteiger charge is 2.12. The van der Waals surface area contributed by atoms with Gasteiger partial charge in [-0.2, -0.15) is 0 Å². The summed E-state index contributed by atoms with van der Waals surface area (Å²) in [7, 11) is 1.57. The minimum absolute atomic E-state index is 0.181. The van der Waals surface area contributed by atoms with Crippen LogP contribution < -0.4 is 14.8 Å². The summed E-state index contributed by atoms with van der Waals surface area (Å²) >= 11 is 6.00. The normalized spacial score (nSPS) is 11.8. The fraction of sp³-hybridized carbons (Fsp3) is 0.158. The van der Waals surface area contributed by atoms with E-state index in [1.807, 2.05) is 18.2 Å². The molecule has 128 valence electrons. The number of hydrogen-bond acceptors (Lipinski definition) is 4. The molecule has 0 fully saturated rings. The molecule has 1 atom stereocenters. The molecule has 25 heavy (non-hydrogen) atoms. The van der Waals surface area contributed by atoms with Gasteiger partial charge in [-0.15, -0.1) is 0 Å². The Morgan fingerprint density at radius 2 is 1.76 bits per heavy atom. The average molecular weight is 357 g/mol. The molecule has 3 rings (SSSR count). The van der Waals surface area contributed by atoms with Gasteiger partial charge in [-0.05, 0) is 49.4 Å². The molecule has 0 aliphatic heterocycles. The fourth-order valence-electron chi connectivity index (χ4n) is 2.30. The van der Waals surface area contributed by atoms with Crippen molar-refractivity contribution < 1.29 is 14.3 Å². The van der Waals surface area contributed by atoms with Gasteiger partial charge in [0.25, 0.3) is 5.91 Å². The zero-order chi connectivity index (χ0) is 17.8. The Labute approximate surface area is 150 Å². The molecule has 2 aromatic carbocycles. The quantitative estimate of drug-likeness (QED) is 0.744. The Hall–Kier alpha value is -2.79. The SMILES string of the molecule is CNC(=O)C(C)Oc1ccc(Oc2ccc3ccc(Cl)cc3n2)cc1. The highest BCUT2D eigenvalue weighted by atomic mass is 35.5. The molecule has 0 bridgehead atoms. The Bertz CT molecular complexity index is 897. The lowest BCUT2D eigenvalue weighted by Crippen LogP contribution is -2.33. The Morgan fingerprint density at radius 3 is 2.48 bits per heavy atom. The van der Waals surface area contributed by atoms with Gasteiger partial charge in [0.15, 0.2) is 6.10 Å². The molecule has 0 aliphatic carbocycles. The monoisotopic (exact) mass is 356 g/mol. The van der Waals surface area contributed by atoms with Crippen LogP contribution in [0.2, 0.25) is 5.02 Å². The second-order valence-corrected chi connectivity index (χ2v) is 5.87. The molecule has 1 amide bonds. The van der Waals surface area contributed by atoms with Crippen LogP contribution in [-0.2, 0) is 4.79 Å². The fourth-order valence-corrected chi connectivity index (χ4v) is 2.46. The first-order chi connectivity index (χ1) is 12.0. The second-order valence-electron chi connectivity index (χ2n) is 5.43. The molecule has 0 saturated heterocycles. The third-order valence-corrected chi connectivity index (χ3v) is 3.84. The van der Waals surface area contributed by atoms with Crippen LogP contribution in [0.5, 0.6) is 17.4 Å². The van der Waals surface area contributed by atoms with Crippen molar-refractivity contribution in [3.05, 3.63) is 59.6 Å². The summed E-state index contributed by atoms with van der Waals surface area (Å²) in [5.41, 5.74) is 0.768. The first-order valence-electron chi connectivity index (χ1n) is 7.77. The summed E-state index contributed by atoms with van der Waals surface area (Å²) in [5, 5.41) is 4.16. The number of amides is 1. The number of hydrogen-bond donors (Lipinski definition) is 1. The average Bonchev–Trinajstić information content (AvgIpc) is 2.62. The van der Waals surface area contributed by atoms with Crippen LogP contribution >= 0.6 is 11.6 Å². The molecule has 1 heterocycles. The molecule has 6 heteroatoms. The summed E-state index contributed by atoms with van der Waals surface area (Å²) < 4.78 is 11.3. The van der Waals surface area contributed by atoms with Crippen molar-refractivity contribution in [2.45, 2.75) is 13.0 Å². The standard InChI is InChI=1S/C19H17ClN2O3/c1-12(19(23)21-2)24-15-6-8-16(9-7-15)25-18-10-4-13-3-5-14(20)11-17(13)22-18/h3-12H,1-2H3,(H,21,23). The van der Waals surface area contributed by atoms with E-state index >= 15 is 0 Å². The zero-order valence-electron chi connectivity index (χ0n) is 13.8. The number of halogens is 1. The summed E-state index contributed by atoms with van der Waals surface area (Å²) in [6.07, 6.45) is -0.566. The molecule has 1 N–H and O–H groups in total. The van der Waals surface area contributed by atoms with E-state index in [4.69, 9.17) is 21.1 Å². The molecule has 0 spiro atoms. The van der Waals surface area contributed by atoms with E-state index in [2.05, 4.69) is 10.3 Å². The number of nitrogens with zero attached hydrogens (tertiary/aromatic N) is 1. The molecule has 0 aliphatic rings. The van der Waals surface area contributed by atoms with E-state index < -0.39 is 6.10 Å². The maximum Gasteiger partial charge on any atom is 0.260 e. The smallest absolute Gasteiger partial charge is 0.260 e. The lowest BCUT2D eigenvalue weighted by molar-refractivity contribution is -0.126. The van der Waals surface area contributed by atoms with E-state index in [1.165, 1.54) is 0 Å². The van der Waals surface area contributed by atoms with Crippen molar-refractivity contribution in [1.29, 1.82) is 0 Å². The molecular weight excluding hydrogens is 340 g/mol. The number of benzene rings is 2. The predicted molar refractivity (Wildman–Crippen MR) is 97.4 cm³/mol. The van der Waals surface area contributed by atoms with Gasteiger partial charge in [-0.3, -0.25) is 4.79 Å². The third-order valence-electron chi connectivity index (χ3n) is 3.60. The molecule has 5 nitrogen and oxygen atoms in total. The highest BCUT2D eigenvalue weighted by Crippen LogP contribution is 2.26. The highest BCUT2D eigenvalue weighted by molar-refractivity contribution is 6.31. The number of fused-ring (bicyclic) bond motifs is 1. The number of carbonyl (C=O) groups is 1. The number of carbonyl (C=O) groups excluding carboxylic acids is 1. The van der Waals surface area contributed by atoms with Crippen molar-refractivity contribution in [2.24, 2.45) is 0 Å². The van der Waals surface area contributed by atoms with Gasteiger partial charge in [0, 0.05) is 23.5 Å². The lowest BCUT2D eigenvalue weighted by Gasteiger charge is -2.13. The van der Waals surface area contributed by atoms with Gasteiger partial charge in [0.2, 0.25) is 5.88 Å². The van der Waals surface area contributed by atoms with Crippen LogP contribution in [0, 0.1) is 0 Å². The van der Waals surface area contributed by atoms with Crippen LogP contribution in [0.25, 0.3) is 10.9 Å². The first-order valence-corrected chi connectivity index (χ1v) is 8.15. The van der Waals surface area contributed by atoms with Gasteiger partial charge in [-0.1, -0.05) is 17.7 Å². The third kappa shape index (κ3) is 4.19. The van der Waals surface area contributed by atoms with Gasteiger partial charge in [0.05, 0.1) is 5.52 Å². The number of pyridine rings is 1. The topological polar surface area (TPSA) is 60.5 Å². The first kappa shape index (κ1) is 17.0. The van der Waals surface area contributed by atoms with Gasteiger partial charge >= 0.3 is 0 Å². The van der Waals surface area contributed by atoms with Crippen LogP contribution in [-0.4, -0.2) is 24.0 Å². The molecule has 3 aromatic rings. The minimum Gasteiger partial charge on any atom is -0.481 e. The van der Waals surface area contributed by atoms with E-state index in [0.29, 0.717) is 22.4 Å². The van der Waals surface area contributed by atoms with Crippen LogP contribution in [0.1, 0.15) is 6.92 Å². The van der Waals surface area contributed by atoms with E-state index in [9.17, 15) is 4.79 Å². The van der Waals surface area contributed by atoms with Crippen molar-refractivity contribution in [3.8, 4) is 17.4 Å². The van der Waals surface area contributed by atoms with Crippen LogP contribution in [0.15, 0.2) is 54.6 Å². The van der Waals surface area contributed by atoms with Gasteiger partial charge in [-0.25, -0.2) is 4.98 Å². The summed E-state index contributed by atoms with van der Waals surface area (Å²) in [6.45, 7) is 1.69. The Balaban J connectivity index is 1.72. The van der Waals surface area contributed by atoms with Crippen LogP contribution in [0.3, 0.4) is 0 Å². The van der Waals surface area contributed by atoms with Gasteiger partial charge in [0.1, 0.15) is 11.5 Å². The lowest BCUT2D eigenvalue weighted by atomic mass is 10.2. The number of nitrogens with one attached hydrogen (secondary N) is 1. The molecule has 0 saturated carbocycles. The van der Waals surface area contributed by atoms with Crippen LogP contribution in [0.4, 0.5) is 0 Å². The number of ether oxygens (including phenoxy) is 2. The van der Waals surface area contributed by atoms with Crippen molar-refractivity contribution >= 4 is 28.4 Å². The summed E-state index contributed by atoms with van der Waals surface area (Å²) in [4.78, 5) is 15.9. The maximum absolute atomic E-state index is 11.5. The predicted octanol–water partition coefficient (Wildman–Crippen LogP) is 4.19. The van der Waals surface area contributed by atoms with E-state index in [0.717, 1.165) is 10.9 Å². The molecule has 1 aromatic heterocycles. The number of likely N-dealkylation sites (N-methyl/N-ethyl adjacent to an activating group) is 1. The second kappa shape index (κ2) is 7.40. The molecular formula is C19H17ClN2O3. The maximum atomic E-state index is 11.5. The molecule has 1 unspecified atom stereocenters. The largest absolute Gasteiger partial charge is 0.481 e. The van der Waals surface area contributed by atoms with Gasteiger partial charge < -0.3 is 14.8 Å². The number of rotatable bonds is 5. The molecule has 0 radical (unpaired) electrons.